The fraction of sp³-hybridized carbons (Fsp3) is 0.143. The number of nitrogens with zero attached hydrogens (tertiary/aromatic N) is 2. The summed E-state index contributed by atoms with van der Waals surface area (Å²) in [7, 11) is 0. The molecule has 2 aliphatic heterocycles. The zero-order chi connectivity index (χ0) is 22.9. The molecule has 0 spiro atoms. The second-order valence-electron chi connectivity index (χ2n) is 8.29. The molecule has 1 amide bonds. The Morgan fingerprint density at radius 3 is 2.56 bits per heavy atom. The van der Waals surface area contributed by atoms with Crippen LogP contribution >= 0.6 is 0 Å². The first-order valence-electron chi connectivity index (χ1n) is 11.3. The predicted molar refractivity (Wildman–Crippen MR) is 130 cm³/mol. The number of aliphatic imine (C=N–C) groups is 1. The summed E-state index contributed by atoms with van der Waals surface area (Å²) in [6.45, 7) is 0.450. The molecule has 34 heavy (non-hydrogen) atoms. The second kappa shape index (κ2) is 8.56. The number of fused-ring (bicyclic) bond motifs is 4. The maximum absolute atomic E-state index is 13.0. The first-order chi connectivity index (χ1) is 16.8. The third kappa shape index (κ3) is 3.63. The molecule has 2 aliphatic rings. The summed E-state index contributed by atoms with van der Waals surface area (Å²) < 4.78 is 13.7. The molecular formula is C28H23N3O3. The molecule has 0 saturated carbocycles. The van der Waals surface area contributed by atoms with Gasteiger partial charge in [0, 0.05) is 11.8 Å². The molecule has 3 aromatic carbocycles. The Balaban J connectivity index is 1.30. The molecule has 6 heteroatoms. The van der Waals surface area contributed by atoms with E-state index in [-0.39, 0.29) is 25.1 Å². The van der Waals surface area contributed by atoms with Crippen LogP contribution in [0, 0.1) is 0 Å². The van der Waals surface area contributed by atoms with E-state index in [0.29, 0.717) is 11.5 Å². The molecule has 0 radical (unpaired) electrons. The molecule has 4 aromatic rings. The first kappa shape index (κ1) is 20.3. The van der Waals surface area contributed by atoms with Crippen LogP contribution in [0.5, 0.6) is 11.5 Å². The van der Waals surface area contributed by atoms with E-state index in [4.69, 9.17) is 14.5 Å². The number of para-hydroxylation sites is 3. The molecule has 0 fully saturated rings. The number of carbonyl (C=O) groups excluding carboxylic acids is 1. The Kier molecular flexibility index (Phi) is 5.11. The van der Waals surface area contributed by atoms with E-state index < -0.39 is 6.10 Å². The number of rotatable bonds is 4. The van der Waals surface area contributed by atoms with Gasteiger partial charge >= 0.3 is 0 Å². The van der Waals surface area contributed by atoms with Crippen LogP contribution in [0.3, 0.4) is 0 Å². The van der Waals surface area contributed by atoms with Gasteiger partial charge in [-0.25, -0.2) is 0 Å². The highest BCUT2D eigenvalue weighted by atomic mass is 16.6. The van der Waals surface area contributed by atoms with Crippen LogP contribution in [0.25, 0.3) is 5.69 Å². The molecule has 1 N–H and O–H groups in total. The Morgan fingerprint density at radius 2 is 1.68 bits per heavy atom. The number of hydrogen-bond donors (Lipinski definition) is 1. The van der Waals surface area contributed by atoms with Gasteiger partial charge in [-0.1, -0.05) is 60.7 Å². The van der Waals surface area contributed by atoms with Crippen molar-refractivity contribution in [1.82, 2.24) is 9.88 Å². The van der Waals surface area contributed by atoms with Crippen molar-refractivity contribution in [1.29, 1.82) is 0 Å². The van der Waals surface area contributed by atoms with Crippen molar-refractivity contribution in [3.05, 3.63) is 114 Å². The maximum atomic E-state index is 13.0. The molecule has 2 atom stereocenters. The fourth-order valence-corrected chi connectivity index (χ4v) is 4.51. The number of hydrogen-bond acceptors (Lipinski definition) is 4. The van der Waals surface area contributed by atoms with Gasteiger partial charge in [-0.3, -0.25) is 9.79 Å². The molecule has 6 rings (SSSR count). The van der Waals surface area contributed by atoms with E-state index in [1.54, 1.807) is 6.07 Å². The van der Waals surface area contributed by atoms with E-state index in [0.717, 1.165) is 28.2 Å². The average molecular weight is 450 g/mol. The van der Waals surface area contributed by atoms with Gasteiger partial charge in [0.05, 0.1) is 23.6 Å². The van der Waals surface area contributed by atoms with Gasteiger partial charge in [0.1, 0.15) is 12.6 Å². The fourth-order valence-electron chi connectivity index (χ4n) is 4.51. The highest BCUT2D eigenvalue weighted by molar-refractivity contribution is 6.04. The molecule has 2 unspecified atom stereocenters. The van der Waals surface area contributed by atoms with Crippen LogP contribution in [0.1, 0.15) is 22.9 Å². The largest absolute Gasteiger partial charge is 0.485 e. The lowest BCUT2D eigenvalue weighted by molar-refractivity contribution is -0.130. The van der Waals surface area contributed by atoms with Gasteiger partial charge < -0.3 is 19.4 Å². The van der Waals surface area contributed by atoms with Crippen molar-refractivity contribution >= 4 is 11.6 Å². The van der Waals surface area contributed by atoms with Gasteiger partial charge in [0.25, 0.3) is 5.91 Å². The average Bonchev–Trinajstić information content (AvgIpc) is 3.34. The molecule has 0 bridgehead atoms. The third-order valence-electron chi connectivity index (χ3n) is 6.17. The SMILES string of the molecule is O=C(NCC1=NC(c2ccccc2)c2ccccc2-n2cccc21)C1COc2ccccc2O1. The van der Waals surface area contributed by atoms with E-state index >= 15 is 0 Å². The molecule has 0 aliphatic carbocycles. The molecule has 0 saturated heterocycles. The lowest BCUT2D eigenvalue weighted by Crippen LogP contribution is -2.45. The maximum Gasteiger partial charge on any atom is 0.265 e. The van der Waals surface area contributed by atoms with Crippen LogP contribution in [-0.2, 0) is 4.79 Å². The van der Waals surface area contributed by atoms with E-state index in [1.807, 2.05) is 66.9 Å². The third-order valence-corrected chi connectivity index (χ3v) is 6.17. The van der Waals surface area contributed by atoms with Crippen LogP contribution in [-0.4, -0.2) is 35.4 Å². The molecular weight excluding hydrogens is 426 g/mol. The van der Waals surface area contributed by atoms with Gasteiger partial charge in [-0.15, -0.1) is 0 Å². The van der Waals surface area contributed by atoms with Crippen LogP contribution in [0.15, 0.2) is 102 Å². The van der Waals surface area contributed by atoms with Crippen molar-refractivity contribution < 1.29 is 14.3 Å². The lowest BCUT2D eigenvalue weighted by atomic mass is 9.98. The predicted octanol–water partition coefficient (Wildman–Crippen LogP) is 4.33. The zero-order valence-corrected chi connectivity index (χ0v) is 18.4. The summed E-state index contributed by atoms with van der Waals surface area (Å²) in [5.74, 6) is 1.00. The summed E-state index contributed by atoms with van der Waals surface area (Å²) in [4.78, 5) is 18.1. The number of amides is 1. The van der Waals surface area contributed by atoms with Gasteiger partial charge in [-0.05, 0) is 35.9 Å². The first-order valence-corrected chi connectivity index (χ1v) is 11.3. The van der Waals surface area contributed by atoms with Crippen LogP contribution in [0.4, 0.5) is 0 Å². The minimum Gasteiger partial charge on any atom is -0.485 e. The molecule has 168 valence electrons. The number of aromatic nitrogens is 1. The monoisotopic (exact) mass is 449 g/mol. The molecule has 3 heterocycles. The standard InChI is InChI=1S/C28H23N3O3/c32-28(26-18-33-24-14-6-7-15-25(24)34-26)29-17-21-23-13-8-16-31(23)22-12-5-4-11-20(22)27(30-21)19-9-2-1-3-10-19/h1-16,26-27H,17-18H2,(H,29,32). The summed E-state index contributed by atoms with van der Waals surface area (Å²) >= 11 is 0. The van der Waals surface area contributed by atoms with E-state index in [9.17, 15) is 4.79 Å². The Hall–Kier alpha value is -4.32. The number of nitrogens with one attached hydrogen (secondary N) is 1. The summed E-state index contributed by atoms with van der Waals surface area (Å²) in [6, 6.07) is 29.8. The molecule has 6 nitrogen and oxygen atoms in total. The lowest BCUT2D eigenvalue weighted by Gasteiger charge is -2.25. The summed E-state index contributed by atoms with van der Waals surface area (Å²) in [6.07, 6.45) is 1.32. The topological polar surface area (TPSA) is 64.9 Å². The van der Waals surface area contributed by atoms with Crippen molar-refractivity contribution in [2.24, 2.45) is 4.99 Å². The minimum absolute atomic E-state index is 0.170. The minimum atomic E-state index is -0.713. The summed E-state index contributed by atoms with van der Waals surface area (Å²) in [5.41, 5.74) is 5.07. The van der Waals surface area contributed by atoms with Crippen LogP contribution < -0.4 is 14.8 Å². The van der Waals surface area contributed by atoms with Crippen molar-refractivity contribution in [2.45, 2.75) is 12.1 Å². The van der Waals surface area contributed by atoms with Crippen molar-refractivity contribution in [2.75, 3.05) is 13.2 Å². The van der Waals surface area contributed by atoms with Gasteiger partial charge in [-0.2, -0.15) is 0 Å². The van der Waals surface area contributed by atoms with Crippen LogP contribution in [0.2, 0.25) is 0 Å². The highest BCUT2D eigenvalue weighted by Crippen LogP contribution is 2.35. The summed E-state index contributed by atoms with van der Waals surface area (Å²) in [5, 5.41) is 3.02. The highest BCUT2D eigenvalue weighted by Gasteiger charge is 2.29. The molecule has 1 aromatic heterocycles. The van der Waals surface area contributed by atoms with E-state index in [1.165, 1.54) is 0 Å². The number of carbonyl (C=O) groups is 1. The normalized spacial score (nSPS) is 18.2. The Bertz CT molecular complexity index is 1380. The number of benzene rings is 3. The van der Waals surface area contributed by atoms with Crippen molar-refractivity contribution in [3.8, 4) is 17.2 Å². The van der Waals surface area contributed by atoms with Gasteiger partial charge in [0.2, 0.25) is 6.10 Å². The number of ether oxygens (including phenoxy) is 2. The Morgan fingerprint density at radius 1 is 0.912 bits per heavy atom. The quantitative estimate of drug-likeness (QED) is 0.505. The second-order valence-corrected chi connectivity index (χ2v) is 8.29. The van der Waals surface area contributed by atoms with E-state index in [2.05, 4.69) is 34.1 Å². The zero-order valence-electron chi connectivity index (χ0n) is 18.4. The van der Waals surface area contributed by atoms with Crippen molar-refractivity contribution in [3.63, 3.8) is 0 Å². The smallest absolute Gasteiger partial charge is 0.265 e. The Labute approximate surface area is 197 Å². The van der Waals surface area contributed by atoms with Gasteiger partial charge in [0.15, 0.2) is 11.5 Å².